The molecule has 0 bridgehead atoms. The zero-order chi connectivity index (χ0) is 13.8. The smallest absolute Gasteiger partial charge is 0.366 e. The minimum atomic E-state index is -0.303. The molecule has 0 radical (unpaired) electrons. The van der Waals surface area contributed by atoms with Crippen molar-refractivity contribution >= 4 is 0 Å². The minimum Gasteiger partial charge on any atom is -0.492 e. The van der Waals surface area contributed by atoms with Crippen LogP contribution in [0.2, 0.25) is 0 Å². The van der Waals surface area contributed by atoms with Crippen LogP contribution in [-0.2, 0) is 0 Å². The van der Waals surface area contributed by atoms with Gasteiger partial charge < -0.3 is 9.47 Å². The van der Waals surface area contributed by atoms with Gasteiger partial charge in [0.15, 0.2) is 15.1 Å². The zero-order valence-electron chi connectivity index (χ0n) is 11.7. The average molecular weight is 369 g/mol. The molecule has 0 aliphatic heterocycles. The molecule has 0 atom stereocenters. The summed E-state index contributed by atoms with van der Waals surface area (Å²) in [7, 11) is 3.44. The van der Waals surface area contributed by atoms with Gasteiger partial charge in [0.05, 0.1) is 14.2 Å². The Bertz CT molecular complexity index is 536. The molecule has 0 fully saturated rings. The van der Waals surface area contributed by atoms with Gasteiger partial charge in [0.2, 0.25) is 0 Å². The first-order valence-electron chi connectivity index (χ1n) is 6.08. The summed E-state index contributed by atoms with van der Waals surface area (Å²) in [6, 6.07) is 12.9. The summed E-state index contributed by atoms with van der Waals surface area (Å²) in [5.74, 6) is 1.87. The van der Waals surface area contributed by atoms with Crippen molar-refractivity contribution in [2.24, 2.45) is 0 Å². The second kappa shape index (κ2) is 6.28. The molecular formula is C16H18IO2+. The Balaban J connectivity index is 2.40. The number of halogens is 1. The van der Waals surface area contributed by atoms with Crippen molar-refractivity contribution in [1.29, 1.82) is 0 Å². The van der Waals surface area contributed by atoms with Crippen molar-refractivity contribution in [3.63, 3.8) is 0 Å². The summed E-state index contributed by atoms with van der Waals surface area (Å²) >= 11 is -0.303. The number of ether oxygens (including phenoxy) is 2. The highest BCUT2D eigenvalue weighted by atomic mass is 127. The molecule has 0 spiro atoms. The predicted molar refractivity (Wildman–Crippen MR) is 72.9 cm³/mol. The molecule has 0 saturated carbocycles. The lowest BCUT2D eigenvalue weighted by molar-refractivity contribution is -0.598. The van der Waals surface area contributed by atoms with Crippen LogP contribution >= 0.6 is 0 Å². The maximum atomic E-state index is 5.51. The van der Waals surface area contributed by atoms with Crippen LogP contribution in [-0.4, -0.2) is 14.2 Å². The van der Waals surface area contributed by atoms with Crippen LogP contribution in [0.25, 0.3) is 0 Å². The van der Waals surface area contributed by atoms with Gasteiger partial charge in [-0.05, 0) is 43.7 Å². The number of aryl methyl sites for hydroxylation is 2. The van der Waals surface area contributed by atoms with Gasteiger partial charge in [-0.25, -0.2) is 0 Å². The van der Waals surface area contributed by atoms with Gasteiger partial charge in [0.25, 0.3) is 3.57 Å². The molecule has 2 nitrogen and oxygen atoms in total. The highest BCUT2D eigenvalue weighted by Gasteiger charge is 2.26. The van der Waals surface area contributed by atoms with Crippen molar-refractivity contribution in [2.45, 2.75) is 13.8 Å². The summed E-state index contributed by atoms with van der Waals surface area (Å²) in [6.07, 6.45) is 0. The van der Waals surface area contributed by atoms with Crippen molar-refractivity contribution < 1.29 is 30.7 Å². The Morgan fingerprint density at radius 2 is 1.32 bits per heavy atom. The number of hydrogen-bond acceptors (Lipinski definition) is 2. The third kappa shape index (κ3) is 3.41. The van der Waals surface area contributed by atoms with Crippen LogP contribution in [0.5, 0.6) is 11.5 Å². The van der Waals surface area contributed by atoms with Gasteiger partial charge in [-0.1, -0.05) is 17.7 Å². The molecule has 0 amide bonds. The third-order valence-electron chi connectivity index (χ3n) is 2.80. The average Bonchev–Trinajstić information content (AvgIpc) is 2.42. The molecule has 0 unspecified atom stereocenters. The highest BCUT2D eigenvalue weighted by Crippen LogP contribution is 2.22. The second-order valence-electron chi connectivity index (χ2n) is 4.37. The SMILES string of the molecule is COc1cc(C)cc(OC)c1[I+]c1ccc(C)cc1. The fourth-order valence-corrected chi connectivity index (χ4v) is 4.42. The first-order valence-corrected chi connectivity index (χ1v) is 8.24. The van der Waals surface area contributed by atoms with Gasteiger partial charge in [0.1, 0.15) is 0 Å². The monoisotopic (exact) mass is 369 g/mol. The molecule has 3 heteroatoms. The minimum absolute atomic E-state index is 0.303. The Morgan fingerprint density at radius 1 is 0.789 bits per heavy atom. The van der Waals surface area contributed by atoms with E-state index in [2.05, 4.69) is 50.2 Å². The quantitative estimate of drug-likeness (QED) is 0.729. The summed E-state index contributed by atoms with van der Waals surface area (Å²) in [5.41, 5.74) is 2.45. The maximum absolute atomic E-state index is 5.51. The van der Waals surface area contributed by atoms with Crippen molar-refractivity contribution in [1.82, 2.24) is 0 Å². The molecule has 0 aliphatic carbocycles. The Labute approximate surface area is 125 Å². The van der Waals surface area contributed by atoms with E-state index in [1.54, 1.807) is 14.2 Å². The second-order valence-corrected chi connectivity index (χ2v) is 7.24. The molecule has 0 saturated heterocycles. The topological polar surface area (TPSA) is 18.5 Å². The largest absolute Gasteiger partial charge is 0.492 e. The molecular weight excluding hydrogens is 351 g/mol. The van der Waals surface area contributed by atoms with Gasteiger partial charge in [0, 0.05) is 0 Å². The molecule has 2 aromatic rings. The Hall–Kier alpha value is -1.23. The van der Waals surface area contributed by atoms with Gasteiger partial charge >= 0.3 is 21.2 Å². The van der Waals surface area contributed by atoms with E-state index in [9.17, 15) is 0 Å². The van der Waals surface area contributed by atoms with E-state index in [0.29, 0.717) is 0 Å². The standard InChI is InChI=1S/C16H18IO2/c1-11-5-7-13(8-6-11)17-16-14(18-3)9-12(2)10-15(16)19-4/h5-10H,1-4H3/q+1. The van der Waals surface area contributed by atoms with Crippen LogP contribution in [0.3, 0.4) is 0 Å². The van der Waals surface area contributed by atoms with Crippen LogP contribution in [0, 0.1) is 21.0 Å². The van der Waals surface area contributed by atoms with Crippen LogP contribution in [0.4, 0.5) is 0 Å². The molecule has 100 valence electrons. The lowest BCUT2D eigenvalue weighted by atomic mass is 10.2. The van der Waals surface area contributed by atoms with Crippen LogP contribution < -0.4 is 30.7 Å². The summed E-state index contributed by atoms with van der Waals surface area (Å²) in [4.78, 5) is 0. The van der Waals surface area contributed by atoms with Crippen molar-refractivity contribution in [3.05, 3.63) is 54.7 Å². The first-order chi connectivity index (χ1) is 9.13. The van der Waals surface area contributed by atoms with E-state index in [-0.39, 0.29) is 21.2 Å². The highest BCUT2D eigenvalue weighted by molar-refractivity contribution is 5.37. The first kappa shape index (κ1) is 14.2. The summed E-state index contributed by atoms with van der Waals surface area (Å²) in [5, 5.41) is 0. The van der Waals surface area contributed by atoms with E-state index >= 15 is 0 Å². The lowest BCUT2D eigenvalue weighted by Gasteiger charge is -2.06. The van der Waals surface area contributed by atoms with E-state index < -0.39 is 0 Å². The third-order valence-corrected chi connectivity index (χ3v) is 5.75. The van der Waals surface area contributed by atoms with E-state index in [1.165, 1.54) is 12.7 Å². The molecule has 0 heterocycles. The number of rotatable bonds is 4. The Kier molecular flexibility index (Phi) is 4.69. The number of benzene rings is 2. The zero-order valence-corrected chi connectivity index (χ0v) is 13.8. The number of hydrogen-bond donors (Lipinski definition) is 0. The molecule has 2 aromatic carbocycles. The molecule has 19 heavy (non-hydrogen) atoms. The van der Waals surface area contributed by atoms with Crippen LogP contribution in [0.1, 0.15) is 11.1 Å². The fourth-order valence-electron chi connectivity index (χ4n) is 1.80. The van der Waals surface area contributed by atoms with Crippen molar-refractivity contribution in [2.75, 3.05) is 14.2 Å². The summed E-state index contributed by atoms with van der Waals surface area (Å²) in [6.45, 7) is 4.16. The van der Waals surface area contributed by atoms with Crippen molar-refractivity contribution in [3.8, 4) is 11.5 Å². The summed E-state index contributed by atoms with van der Waals surface area (Å²) < 4.78 is 13.6. The molecule has 0 aliphatic rings. The van der Waals surface area contributed by atoms with E-state index in [4.69, 9.17) is 9.47 Å². The Morgan fingerprint density at radius 3 is 1.79 bits per heavy atom. The fraction of sp³-hybridized carbons (Fsp3) is 0.250. The molecule has 0 aromatic heterocycles. The number of methoxy groups -OCH3 is 2. The van der Waals surface area contributed by atoms with Gasteiger partial charge in [-0.2, -0.15) is 0 Å². The lowest BCUT2D eigenvalue weighted by Crippen LogP contribution is -3.61. The van der Waals surface area contributed by atoms with E-state index in [0.717, 1.165) is 17.1 Å². The maximum Gasteiger partial charge on any atom is 0.366 e. The van der Waals surface area contributed by atoms with Gasteiger partial charge in [-0.3, -0.25) is 0 Å². The normalized spacial score (nSPS) is 10.3. The van der Waals surface area contributed by atoms with E-state index in [1.807, 2.05) is 0 Å². The van der Waals surface area contributed by atoms with Gasteiger partial charge in [-0.15, -0.1) is 0 Å². The molecule has 0 N–H and O–H groups in total. The van der Waals surface area contributed by atoms with Crippen LogP contribution in [0.15, 0.2) is 36.4 Å². The predicted octanol–water partition coefficient (Wildman–Crippen LogP) is 0.449. The molecule has 2 rings (SSSR count).